The van der Waals surface area contributed by atoms with Crippen molar-refractivity contribution < 1.29 is 5.11 Å². The van der Waals surface area contributed by atoms with Crippen LogP contribution in [-0.2, 0) is 5.60 Å². The van der Waals surface area contributed by atoms with E-state index in [4.69, 9.17) is 0 Å². The lowest BCUT2D eigenvalue weighted by molar-refractivity contribution is 0.0688. The Balaban J connectivity index is 2.45. The van der Waals surface area contributed by atoms with Gasteiger partial charge in [-0.3, -0.25) is 4.98 Å². The molecule has 0 saturated carbocycles. The van der Waals surface area contributed by atoms with Crippen LogP contribution in [0.15, 0.2) is 36.7 Å². The summed E-state index contributed by atoms with van der Waals surface area (Å²) < 4.78 is 0. The zero-order valence-corrected chi connectivity index (χ0v) is 9.25. The van der Waals surface area contributed by atoms with Gasteiger partial charge in [0.15, 0.2) is 5.82 Å². The Labute approximate surface area is 94.0 Å². The molecule has 2 aromatic rings. The molecule has 0 radical (unpaired) electrons. The van der Waals surface area contributed by atoms with E-state index in [0.29, 0.717) is 11.5 Å². The van der Waals surface area contributed by atoms with Crippen molar-refractivity contribution in [3.8, 4) is 11.4 Å². The Bertz CT molecular complexity index is 477. The molecule has 2 aromatic heterocycles. The lowest BCUT2D eigenvalue weighted by Crippen LogP contribution is -2.19. The first-order valence-corrected chi connectivity index (χ1v) is 5.05. The molecular formula is C12H13N3O. The Hall–Kier alpha value is -1.81. The van der Waals surface area contributed by atoms with Crippen LogP contribution >= 0.6 is 0 Å². The van der Waals surface area contributed by atoms with Gasteiger partial charge in [-0.2, -0.15) is 0 Å². The third kappa shape index (κ3) is 2.23. The van der Waals surface area contributed by atoms with Gasteiger partial charge in [-0.15, -0.1) is 0 Å². The fourth-order valence-electron chi connectivity index (χ4n) is 1.31. The van der Waals surface area contributed by atoms with Gasteiger partial charge < -0.3 is 5.11 Å². The number of hydrogen-bond acceptors (Lipinski definition) is 4. The highest BCUT2D eigenvalue weighted by atomic mass is 16.3. The number of aromatic nitrogens is 3. The van der Waals surface area contributed by atoms with E-state index in [-0.39, 0.29) is 0 Å². The summed E-state index contributed by atoms with van der Waals surface area (Å²) in [4.78, 5) is 12.5. The van der Waals surface area contributed by atoms with Crippen LogP contribution in [-0.4, -0.2) is 20.1 Å². The molecule has 0 saturated heterocycles. The molecule has 0 aliphatic heterocycles. The second-order valence-electron chi connectivity index (χ2n) is 4.04. The molecule has 1 N–H and O–H groups in total. The maximum absolute atomic E-state index is 9.81. The summed E-state index contributed by atoms with van der Waals surface area (Å²) in [6.07, 6.45) is 3.34. The monoisotopic (exact) mass is 215 g/mol. The molecule has 0 unspecified atom stereocenters. The smallest absolute Gasteiger partial charge is 0.160 e. The largest absolute Gasteiger partial charge is 0.382 e. The Morgan fingerprint density at radius 2 is 1.81 bits per heavy atom. The number of nitrogens with zero attached hydrogens (tertiary/aromatic N) is 3. The maximum Gasteiger partial charge on any atom is 0.160 e. The summed E-state index contributed by atoms with van der Waals surface area (Å²) in [6.45, 7) is 3.31. The molecule has 2 rings (SSSR count). The van der Waals surface area contributed by atoms with Gasteiger partial charge in [0, 0.05) is 12.4 Å². The molecule has 0 aliphatic rings. The summed E-state index contributed by atoms with van der Waals surface area (Å²) in [5, 5.41) is 9.81. The van der Waals surface area contributed by atoms with E-state index in [0.717, 1.165) is 5.69 Å². The molecule has 0 amide bonds. The average Bonchev–Trinajstić information content (AvgIpc) is 2.29. The summed E-state index contributed by atoms with van der Waals surface area (Å²) in [6, 6.07) is 7.39. The van der Waals surface area contributed by atoms with Crippen LogP contribution in [0.5, 0.6) is 0 Å². The minimum absolute atomic E-state index is 0.399. The van der Waals surface area contributed by atoms with Crippen molar-refractivity contribution >= 4 is 0 Å². The number of aliphatic hydroxyl groups is 1. The minimum Gasteiger partial charge on any atom is -0.382 e. The number of pyridine rings is 1. The van der Waals surface area contributed by atoms with Crippen molar-refractivity contribution in [3.05, 3.63) is 42.5 Å². The van der Waals surface area contributed by atoms with E-state index in [9.17, 15) is 5.11 Å². The van der Waals surface area contributed by atoms with Gasteiger partial charge in [0.1, 0.15) is 5.60 Å². The van der Waals surface area contributed by atoms with Gasteiger partial charge in [0.2, 0.25) is 0 Å². The molecular weight excluding hydrogens is 202 g/mol. The van der Waals surface area contributed by atoms with Gasteiger partial charge in [0.25, 0.3) is 0 Å². The SMILES string of the molecule is CC(C)(O)c1nccc(-c2ccccn2)n1. The highest BCUT2D eigenvalue weighted by molar-refractivity contribution is 5.52. The second kappa shape index (κ2) is 3.98. The van der Waals surface area contributed by atoms with E-state index in [1.54, 1.807) is 32.3 Å². The Morgan fingerprint density at radius 1 is 1.00 bits per heavy atom. The third-order valence-electron chi connectivity index (χ3n) is 2.13. The van der Waals surface area contributed by atoms with Gasteiger partial charge in [-0.05, 0) is 32.0 Å². The second-order valence-corrected chi connectivity index (χ2v) is 4.04. The van der Waals surface area contributed by atoms with Crippen molar-refractivity contribution in [3.63, 3.8) is 0 Å². The van der Waals surface area contributed by atoms with Crippen LogP contribution in [0.25, 0.3) is 11.4 Å². The van der Waals surface area contributed by atoms with Gasteiger partial charge in [0.05, 0.1) is 11.4 Å². The molecule has 0 fully saturated rings. The third-order valence-corrected chi connectivity index (χ3v) is 2.13. The van der Waals surface area contributed by atoms with Crippen molar-refractivity contribution in [1.29, 1.82) is 0 Å². The zero-order chi connectivity index (χ0) is 11.6. The molecule has 16 heavy (non-hydrogen) atoms. The minimum atomic E-state index is -1.04. The zero-order valence-electron chi connectivity index (χ0n) is 9.25. The molecule has 0 aliphatic carbocycles. The van der Waals surface area contributed by atoms with E-state index in [1.807, 2.05) is 18.2 Å². The van der Waals surface area contributed by atoms with Gasteiger partial charge in [-0.1, -0.05) is 6.07 Å². The average molecular weight is 215 g/mol. The maximum atomic E-state index is 9.81. The quantitative estimate of drug-likeness (QED) is 0.829. The van der Waals surface area contributed by atoms with Crippen LogP contribution in [0, 0.1) is 0 Å². The lowest BCUT2D eigenvalue weighted by Gasteiger charge is -2.15. The molecule has 0 spiro atoms. The predicted molar refractivity (Wildman–Crippen MR) is 60.5 cm³/mol. The molecule has 0 aromatic carbocycles. The molecule has 2 heterocycles. The van der Waals surface area contributed by atoms with E-state index >= 15 is 0 Å². The standard InChI is InChI=1S/C12H13N3O/c1-12(2,16)11-14-8-6-10(15-11)9-5-3-4-7-13-9/h3-8,16H,1-2H3. The fourth-order valence-corrected chi connectivity index (χ4v) is 1.31. The first-order chi connectivity index (χ1) is 7.57. The molecule has 0 atom stereocenters. The number of hydrogen-bond donors (Lipinski definition) is 1. The van der Waals surface area contributed by atoms with E-state index in [2.05, 4.69) is 15.0 Å². The van der Waals surface area contributed by atoms with E-state index in [1.165, 1.54) is 0 Å². The molecule has 82 valence electrons. The molecule has 0 bridgehead atoms. The van der Waals surface area contributed by atoms with Crippen LogP contribution < -0.4 is 0 Å². The molecule has 4 heteroatoms. The van der Waals surface area contributed by atoms with Crippen LogP contribution in [0.2, 0.25) is 0 Å². The molecule has 4 nitrogen and oxygen atoms in total. The van der Waals surface area contributed by atoms with Gasteiger partial charge >= 0.3 is 0 Å². The summed E-state index contributed by atoms with van der Waals surface area (Å²) >= 11 is 0. The van der Waals surface area contributed by atoms with Crippen molar-refractivity contribution in [2.75, 3.05) is 0 Å². The predicted octanol–water partition coefficient (Wildman–Crippen LogP) is 1.77. The first kappa shape index (κ1) is 10.7. The normalized spacial score (nSPS) is 11.4. The van der Waals surface area contributed by atoms with Crippen molar-refractivity contribution in [2.24, 2.45) is 0 Å². The van der Waals surface area contributed by atoms with Crippen molar-refractivity contribution in [1.82, 2.24) is 15.0 Å². The summed E-state index contributed by atoms with van der Waals surface area (Å²) in [7, 11) is 0. The Kier molecular flexibility index (Phi) is 2.66. The van der Waals surface area contributed by atoms with Crippen LogP contribution in [0.1, 0.15) is 19.7 Å². The van der Waals surface area contributed by atoms with Crippen LogP contribution in [0.3, 0.4) is 0 Å². The fraction of sp³-hybridized carbons (Fsp3) is 0.250. The summed E-state index contributed by atoms with van der Waals surface area (Å²) in [5.41, 5.74) is 0.452. The lowest BCUT2D eigenvalue weighted by atomic mass is 10.1. The van der Waals surface area contributed by atoms with Crippen LogP contribution in [0.4, 0.5) is 0 Å². The highest BCUT2D eigenvalue weighted by Crippen LogP contribution is 2.18. The van der Waals surface area contributed by atoms with E-state index < -0.39 is 5.60 Å². The first-order valence-electron chi connectivity index (χ1n) is 5.05. The van der Waals surface area contributed by atoms with Gasteiger partial charge in [-0.25, -0.2) is 9.97 Å². The highest BCUT2D eigenvalue weighted by Gasteiger charge is 2.19. The topological polar surface area (TPSA) is 58.9 Å². The number of rotatable bonds is 2. The Morgan fingerprint density at radius 3 is 2.44 bits per heavy atom. The van der Waals surface area contributed by atoms with Crippen molar-refractivity contribution in [2.45, 2.75) is 19.4 Å². The summed E-state index contributed by atoms with van der Waals surface area (Å²) in [5.74, 6) is 0.399.